The molecule has 0 saturated heterocycles. The maximum atomic E-state index is 13.9. The highest BCUT2D eigenvalue weighted by Crippen LogP contribution is 2.17. The Balaban J connectivity index is 2.25. The van der Waals surface area contributed by atoms with Crippen molar-refractivity contribution >= 4 is 5.91 Å². The summed E-state index contributed by atoms with van der Waals surface area (Å²) in [4.78, 5) is 12.4. The number of rotatable bonds is 6. The van der Waals surface area contributed by atoms with Gasteiger partial charge in [-0.2, -0.15) is 5.10 Å². The highest BCUT2D eigenvalue weighted by Gasteiger charge is 2.21. The number of carbonyl (C=O) groups excluding carboxylic acids is 1. The number of benzene rings is 1. The number of hydrogen-bond acceptors (Lipinski definition) is 3. The average molecular weight is 319 g/mol. The zero-order valence-electron chi connectivity index (χ0n) is 13.6. The predicted molar refractivity (Wildman–Crippen MR) is 86.1 cm³/mol. The summed E-state index contributed by atoms with van der Waals surface area (Å²) in [7, 11) is 0. The smallest absolute Gasteiger partial charge is 0.254 e. The van der Waals surface area contributed by atoms with E-state index in [0.29, 0.717) is 23.4 Å². The van der Waals surface area contributed by atoms with Crippen LogP contribution >= 0.6 is 0 Å². The summed E-state index contributed by atoms with van der Waals surface area (Å²) in [6, 6.07) is 6.16. The van der Waals surface area contributed by atoms with E-state index in [1.807, 2.05) is 13.8 Å². The zero-order chi connectivity index (χ0) is 17.0. The molecule has 1 heterocycles. The first-order valence-corrected chi connectivity index (χ1v) is 7.67. The minimum absolute atomic E-state index is 0.0105. The molecule has 1 atom stereocenters. The second-order valence-corrected chi connectivity index (χ2v) is 5.84. The van der Waals surface area contributed by atoms with Crippen molar-refractivity contribution in [1.29, 1.82) is 0 Å². The van der Waals surface area contributed by atoms with Crippen LogP contribution in [0.2, 0.25) is 0 Å². The molecule has 6 heteroatoms. The van der Waals surface area contributed by atoms with Gasteiger partial charge in [0.2, 0.25) is 0 Å². The number of amides is 1. The summed E-state index contributed by atoms with van der Waals surface area (Å²) in [5, 5.41) is 16.1. The largest absolute Gasteiger partial charge is 0.396 e. The Kier molecular flexibility index (Phi) is 5.50. The monoisotopic (exact) mass is 319 g/mol. The number of aliphatic hydroxyl groups is 1. The molecule has 0 bridgehead atoms. The van der Waals surface area contributed by atoms with Crippen LogP contribution < -0.4 is 5.32 Å². The highest BCUT2D eigenvalue weighted by molar-refractivity contribution is 5.95. The molecule has 5 nitrogen and oxygen atoms in total. The molecular formula is C17H22FN3O2. The van der Waals surface area contributed by atoms with Gasteiger partial charge in [-0.3, -0.25) is 4.79 Å². The molecule has 124 valence electrons. The molecule has 1 amide bonds. The molecule has 2 rings (SSSR count). The van der Waals surface area contributed by atoms with E-state index < -0.39 is 5.82 Å². The molecule has 1 aromatic heterocycles. The molecule has 0 fully saturated rings. The number of nitrogens with one attached hydrogen (secondary N) is 1. The van der Waals surface area contributed by atoms with Crippen LogP contribution in [0.15, 0.2) is 30.5 Å². The topological polar surface area (TPSA) is 67.2 Å². The Morgan fingerprint density at radius 2 is 2.09 bits per heavy atom. The van der Waals surface area contributed by atoms with Crippen LogP contribution in [0.5, 0.6) is 0 Å². The van der Waals surface area contributed by atoms with Crippen molar-refractivity contribution in [2.24, 2.45) is 5.92 Å². The Morgan fingerprint density at radius 1 is 1.39 bits per heavy atom. The van der Waals surface area contributed by atoms with Crippen molar-refractivity contribution in [3.05, 3.63) is 47.5 Å². The van der Waals surface area contributed by atoms with E-state index in [1.165, 1.54) is 16.9 Å². The Labute approximate surface area is 135 Å². The van der Waals surface area contributed by atoms with Crippen LogP contribution in [0.25, 0.3) is 5.69 Å². The molecule has 0 aliphatic rings. The summed E-state index contributed by atoms with van der Waals surface area (Å²) in [5.74, 6) is -0.462. The Morgan fingerprint density at radius 3 is 2.70 bits per heavy atom. The molecule has 2 N–H and O–H groups in total. The molecule has 23 heavy (non-hydrogen) atoms. The Hall–Kier alpha value is -2.21. The van der Waals surface area contributed by atoms with Gasteiger partial charge in [-0.25, -0.2) is 9.07 Å². The van der Waals surface area contributed by atoms with Gasteiger partial charge in [0.05, 0.1) is 17.5 Å². The van der Waals surface area contributed by atoms with Crippen LogP contribution in [0.4, 0.5) is 4.39 Å². The maximum Gasteiger partial charge on any atom is 0.254 e. The van der Waals surface area contributed by atoms with Gasteiger partial charge in [0.25, 0.3) is 5.91 Å². The van der Waals surface area contributed by atoms with Crippen molar-refractivity contribution in [2.75, 3.05) is 6.61 Å². The van der Waals surface area contributed by atoms with E-state index in [-0.39, 0.29) is 24.5 Å². The molecule has 0 radical (unpaired) electrons. The van der Waals surface area contributed by atoms with Gasteiger partial charge in [0.15, 0.2) is 0 Å². The van der Waals surface area contributed by atoms with E-state index in [9.17, 15) is 9.18 Å². The number of nitrogens with zero attached hydrogens (tertiary/aromatic N) is 2. The summed E-state index contributed by atoms with van der Waals surface area (Å²) in [6.45, 7) is 5.70. The summed E-state index contributed by atoms with van der Waals surface area (Å²) < 4.78 is 15.3. The lowest BCUT2D eigenvalue weighted by Gasteiger charge is -2.21. The van der Waals surface area contributed by atoms with Gasteiger partial charge in [-0.15, -0.1) is 0 Å². The fourth-order valence-corrected chi connectivity index (χ4v) is 2.46. The fourth-order valence-electron chi connectivity index (χ4n) is 2.46. The third-order valence-corrected chi connectivity index (χ3v) is 3.90. The first-order valence-electron chi connectivity index (χ1n) is 7.67. The van der Waals surface area contributed by atoms with Crippen molar-refractivity contribution in [3.63, 3.8) is 0 Å². The minimum Gasteiger partial charge on any atom is -0.396 e. The molecule has 0 aliphatic carbocycles. The lowest BCUT2D eigenvalue weighted by Crippen LogP contribution is -2.39. The number of para-hydroxylation sites is 1. The lowest BCUT2D eigenvalue weighted by molar-refractivity contribution is 0.0916. The number of aromatic nitrogens is 2. The van der Waals surface area contributed by atoms with Crippen molar-refractivity contribution in [3.8, 4) is 5.69 Å². The first kappa shape index (κ1) is 17.1. The molecule has 0 saturated carbocycles. The number of carbonyl (C=O) groups is 1. The second-order valence-electron chi connectivity index (χ2n) is 5.84. The third-order valence-electron chi connectivity index (χ3n) is 3.90. The van der Waals surface area contributed by atoms with Gasteiger partial charge in [0.1, 0.15) is 11.5 Å². The van der Waals surface area contributed by atoms with E-state index in [2.05, 4.69) is 10.4 Å². The number of hydrogen-bond donors (Lipinski definition) is 2. The maximum absolute atomic E-state index is 13.9. The van der Waals surface area contributed by atoms with Crippen molar-refractivity contribution in [2.45, 2.75) is 33.2 Å². The Bertz CT molecular complexity index is 682. The van der Waals surface area contributed by atoms with Gasteiger partial charge in [-0.1, -0.05) is 26.0 Å². The third kappa shape index (κ3) is 3.76. The normalized spacial score (nSPS) is 12.4. The van der Waals surface area contributed by atoms with Crippen LogP contribution in [-0.4, -0.2) is 33.4 Å². The van der Waals surface area contributed by atoms with E-state index in [1.54, 1.807) is 25.1 Å². The highest BCUT2D eigenvalue weighted by atomic mass is 19.1. The second kappa shape index (κ2) is 7.37. The minimum atomic E-state index is -0.397. The molecular weight excluding hydrogens is 297 g/mol. The van der Waals surface area contributed by atoms with Gasteiger partial charge < -0.3 is 10.4 Å². The van der Waals surface area contributed by atoms with Crippen molar-refractivity contribution in [1.82, 2.24) is 15.1 Å². The van der Waals surface area contributed by atoms with E-state index >= 15 is 0 Å². The van der Waals surface area contributed by atoms with Gasteiger partial charge >= 0.3 is 0 Å². The molecule has 1 unspecified atom stereocenters. The average Bonchev–Trinajstić information content (AvgIpc) is 2.89. The van der Waals surface area contributed by atoms with Crippen LogP contribution in [-0.2, 0) is 0 Å². The summed E-state index contributed by atoms with van der Waals surface area (Å²) >= 11 is 0. The lowest BCUT2D eigenvalue weighted by atomic mass is 10.0. The first-order chi connectivity index (χ1) is 11.0. The van der Waals surface area contributed by atoms with Gasteiger partial charge in [-0.05, 0) is 31.4 Å². The standard InChI is InChI=1S/C17H22FN3O2/c1-11(2)15(8-9-22)20-17(23)13-10-19-21(12(13)3)16-7-5-4-6-14(16)18/h4-7,10-11,15,22H,8-9H2,1-3H3,(H,20,23). The van der Waals surface area contributed by atoms with Crippen LogP contribution in [0, 0.1) is 18.7 Å². The zero-order valence-corrected chi connectivity index (χ0v) is 13.6. The van der Waals surface area contributed by atoms with E-state index in [0.717, 1.165) is 0 Å². The van der Waals surface area contributed by atoms with E-state index in [4.69, 9.17) is 5.11 Å². The SMILES string of the molecule is Cc1c(C(=O)NC(CCO)C(C)C)cnn1-c1ccccc1F. The molecule has 1 aromatic carbocycles. The van der Waals surface area contributed by atoms with Crippen molar-refractivity contribution < 1.29 is 14.3 Å². The van der Waals surface area contributed by atoms with Crippen LogP contribution in [0.3, 0.4) is 0 Å². The summed E-state index contributed by atoms with van der Waals surface area (Å²) in [5.41, 5.74) is 1.27. The summed E-state index contributed by atoms with van der Waals surface area (Å²) in [6.07, 6.45) is 1.93. The molecule has 2 aromatic rings. The van der Waals surface area contributed by atoms with Gasteiger partial charge in [0, 0.05) is 12.6 Å². The molecule has 0 aliphatic heterocycles. The number of halogens is 1. The quantitative estimate of drug-likeness (QED) is 0.859. The van der Waals surface area contributed by atoms with Crippen LogP contribution in [0.1, 0.15) is 36.3 Å². The number of aliphatic hydroxyl groups excluding tert-OH is 1. The predicted octanol–water partition coefficient (Wildman–Crippen LogP) is 2.46. The molecule has 0 spiro atoms. The fraction of sp³-hybridized carbons (Fsp3) is 0.412.